The number of hydrogen-bond acceptors (Lipinski definition) is 3. The van der Waals surface area contributed by atoms with Crippen molar-refractivity contribution in [3.63, 3.8) is 0 Å². The molecule has 0 heterocycles. The molecule has 1 unspecified atom stereocenters. The van der Waals surface area contributed by atoms with Crippen molar-refractivity contribution in [3.05, 3.63) is 42.5 Å². The zero-order valence-electron chi connectivity index (χ0n) is 10.00. The Balaban J connectivity index is 2.54. The summed E-state index contributed by atoms with van der Waals surface area (Å²) in [6, 6.07) is 11.9. The minimum atomic E-state index is -3.61. The third-order valence-electron chi connectivity index (χ3n) is 2.67. The Morgan fingerprint density at radius 3 is 2.56 bits per heavy atom. The largest absolute Gasteiger partial charge is 0.395 e. The monoisotopic (exact) mass is 265 g/mol. The van der Waals surface area contributed by atoms with Gasteiger partial charge in [-0.25, -0.2) is 13.1 Å². The van der Waals surface area contributed by atoms with Crippen LogP contribution in [-0.4, -0.2) is 26.2 Å². The molecule has 0 aromatic heterocycles. The molecule has 18 heavy (non-hydrogen) atoms. The van der Waals surface area contributed by atoms with Crippen LogP contribution in [0, 0.1) is 0 Å². The number of rotatable bonds is 4. The second-order valence-electron chi connectivity index (χ2n) is 4.18. The Morgan fingerprint density at radius 2 is 1.83 bits per heavy atom. The molecule has 1 atom stereocenters. The van der Waals surface area contributed by atoms with Crippen molar-refractivity contribution in [3.8, 4) is 0 Å². The molecule has 0 aliphatic heterocycles. The second kappa shape index (κ2) is 5.06. The number of hydrogen-bond donors (Lipinski definition) is 2. The van der Waals surface area contributed by atoms with Gasteiger partial charge in [0, 0.05) is 11.4 Å². The molecule has 2 aromatic rings. The lowest BCUT2D eigenvalue weighted by Crippen LogP contribution is -2.35. The summed E-state index contributed by atoms with van der Waals surface area (Å²) in [4.78, 5) is 0.237. The second-order valence-corrected chi connectivity index (χ2v) is 5.86. The molecular weight excluding hydrogens is 250 g/mol. The lowest BCUT2D eigenvalue weighted by molar-refractivity contribution is 0.265. The van der Waals surface area contributed by atoms with Crippen LogP contribution in [0.2, 0.25) is 0 Å². The van der Waals surface area contributed by atoms with E-state index in [1.807, 2.05) is 18.2 Å². The average molecular weight is 265 g/mol. The maximum atomic E-state index is 12.2. The Labute approximate surface area is 106 Å². The van der Waals surface area contributed by atoms with Gasteiger partial charge in [-0.05, 0) is 18.4 Å². The van der Waals surface area contributed by atoms with E-state index in [4.69, 9.17) is 5.11 Å². The molecule has 2 N–H and O–H groups in total. The SMILES string of the molecule is CC(CO)NS(=O)(=O)c1cccc2ccccc12. The molecule has 2 rings (SSSR count). The molecule has 0 fully saturated rings. The van der Waals surface area contributed by atoms with Gasteiger partial charge in [-0.2, -0.15) is 0 Å². The highest BCUT2D eigenvalue weighted by molar-refractivity contribution is 7.89. The lowest BCUT2D eigenvalue weighted by Gasteiger charge is -2.13. The van der Waals surface area contributed by atoms with Gasteiger partial charge in [-0.15, -0.1) is 0 Å². The van der Waals surface area contributed by atoms with Crippen LogP contribution in [0.15, 0.2) is 47.4 Å². The van der Waals surface area contributed by atoms with Gasteiger partial charge >= 0.3 is 0 Å². The summed E-state index contributed by atoms with van der Waals surface area (Å²) in [5, 5.41) is 10.5. The lowest BCUT2D eigenvalue weighted by atomic mass is 10.1. The van der Waals surface area contributed by atoms with Crippen molar-refractivity contribution < 1.29 is 13.5 Å². The number of aliphatic hydroxyl groups is 1. The molecule has 0 saturated carbocycles. The van der Waals surface area contributed by atoms with Crippen molar-refractivity contribution >= 4 is 20.8 Å². The first-order valence-corrected chi connectivity index (χ1v) is 7.14. The Hall–Kier alpha value is -1.43. The molecule has 4 nitrogen and oxygen atoms in total. The predicted octanol–water partition coefficient (Wildman–Crippen LogP) is 1.50. The number of sulfonamides is 1. The zero-order valence-corrected chi connectivity index (χ0v) is 10.8. The molecule has 0 aliphatic rings. The molecule has 5 heteroatoms. The standard InChI is InChI=1S/C13H15NO3S/c1-10(9-15)14-18(16,17)13-8-4-6-11-5-2-3-7-12(11)13/h2-8,10,14-15H,9H2,1H3. The Bertz CT molecular complexity index is 647. The summed E-state index contributed by atoms with van der Waals surface area (Å²) in [6.45, 7) is 1.38. The first kappa shape index (κ1) is 13.0. The fraction of sp³-hybridized carbons (Fsp3) is 0.231. The third kappa shape index (κ3) is 2.53. The van der Waals surface area contributed by atoms with Crippen LogP contribution in [0.25, 0.3) is 10.8 Å². The van der Waals surface area contributed by atoms with Crippen LogP contribution in [0.1, 0.15) is 6.92 Å². The maximum Gasteiger partial charge on any atom is 0.241 e. The van der Waals surface area contributed by atoms with Gasteiger partial charge in [0.05, 0.1) is 11.5 Å². The first-order chi connectivity index (χ1) is 8.54. The van der Waals surface area contributed by atoms with Gasteiger partial charge in [-0.1, -0.05) is 36.4 Å². The number of benzene rings is 2. The van der Waals surface area contributed by atoms with E-state index in [1.54, 1.807) is 31.2 Å². The highest BCUT2D eigenvalue weighted by atomic mass is 32.2. The predicted molar refractivity (Wildman–Crippen MR) is 70.8 cm³/mol. The van der Waals surface area contributed by atoms with Crippen molar-refractivity contribution in [1.29, 1.82) is 0 Å². The van der Waals surface area contributed by atoms with Crippen LogP contribution in [0.3, 0.4) is 0 Å². The van der Waals surface area contributed by atoms with Gasteiger partial charge in [0.1, 0.15) is 0 Å². The Kier molecular flexibility index (Phi) is 3.65. The summed E-state index contributed by atoms with van der Waals surface area (Å²) < 4.78 is 26.8. The van der Waals surface area contributed by atoms with E-state index >= 15 is 0 Å². The van der Waals surface area contributed by atoms with Gasteiger partial charge in [-0.3, -0.25) is 0 Å². The third-order valence-corrected chi connectivity index (χ3v) is 4.32. The number of aliphatic hydroxyl groups excluding tert-OH is 1. The van der Waals surface area contributed by atoms with Crippen molar-refractivity contribution in [1.82, 2.24) is 4.72 Å². The molecule has 0 radical (unpaired) electrons. The average Bonchev–Trinajstić information content (AvgIpc) is 2.37. The van der Waals surface area contributed by atoms with E-state index < -0.39 is 16.1 Å². The van der Waals surface area contributed by atoms with Crippen LogP contribution < -0.4 is 4.72 Å². The molecule has 0 bridgehead atoms. The van der Waals surface area contributed by atoms with Gasteiger partial charge < -0.3 is 5.11 Å². The van der Waals surface area contributed by atoms with Crippen molar-refractivity contribution in [2.75, 3.05) is 6.61 Å². The minimum Gasteiger partial charge on any atom is -0.395 e. The van der Waals surface area contributed by atoms with Crippen LogP contribution in [0.5, 0.6) is 0 Å². The van der Waals surface area contributed by atoms with Crippen LogP contribution in [0.4, 0.5) is 0 Å². The topological polar surface area (TPSA) is 66.4 Å². The summed E-state index contributed by atoms with van der Waals surface area (Å²) >= 11 is 0. The smallest absolute Gasteiger partial charge is 0.241 e. The fourth-order valence-corrected chi connectivity index (χ4v) is 3.26. The summed E-state index contributed by atoms with van der Waals surface area (Å²) in [5.41, 5.74) is 0. The molecule has 0 saturated heterocycles. The van der Waals surface area contributed by atoms with E-state index in [0.717, 1.165) is 5.39 Å². The number of nitrogens with one attached hydrogen (secondary N) is 1. The quantitative estimate of drug-likeness (QED) is 0.880. The highest BCUT2D eigenvalue weighted by Gasteiger charge is 2.19. The summed E-state index contributed by atoms with van der Waals surface area (Å²) in [7, 11) is -3.61. The molecule has 96 valence electrons. The van der Waals surface area contributed by atoms with Crippen molar-refractivity contribution in [2.24, 2.45) is 0 Å². The normalized spacial score (nSPS) is 13.7. The van der Waals surface area contributed by atoms with Crippen molar-refractivity contribution in [2.45, 2.75) is 17.9 Å². The molecule has 0 spiro atoms. The maximum absolute atomic E-state index is 12.2. The molecule has 0 amide bonds. The van der Waals surface area contributed by atoms with Gasteiger partial charge in [0.15, 0.2) is 0 Å². The number of fused-ring (bicyclic) bond motifs is 1. The fourth-order valence-electron chi connectivity index (χ4n) is 1.80. The van der Waals surface area contributed by atoms with E-state index in [-0.39, 0.29) is 11.5 Å². The summed E-state index contributed by atoms with van der Waals surface area (Å²) in [5.74, 6) is 0. The van der Waals surface area contributed by atoms with E-state index in [1.165, 1.54) is 0 Å². The molecule has 2 aromatic carbocycles. The first-order valence-electron chi connectivity index (χ1n) is 5.65. The van der Waals surface area contributed by atoms with Crippen LogP contribution in [-0.2, 0) is 10.0 Å². The van der Waals surface area contributed by atoms with Crippen LogP contribution >= 0.6 is 0 Å². The van der Waals surface area contributed by atoms with Gasteiger partial charge in [0.25, 0.3) is 0 Å². The van der Waals surface area contributed by atoms with E-state index in [9.17, 15) is 8.42 Å². The van der Waals surface area contributed by atoms with E-state index in [2.05, 4.69) is 4.72 Å². The van der Waals surface area contributed by atoms with Gasteiger partial charge in [0.2, 0.25) is 10.0 Å². The summed E-state index contributed by atoms with van der Waals surface area (Å²) in [6.07, 6.45) is 0. The highest BCUT2D eigenvalue weighted by Crippen LogP contribution is 2.22. The molecule has 0 aliphatic carbocycles. The molecular formula is C13H15NO3S. The van der Waals surface area contributed by atoms with E-state index in [0.29, 0.717) is 5.39 Å². The minimum absolute atomic E-state index is 0.232. The Morgan fingerprint density at radius 1 is 1.17 bits per heavy atom. The zero-order chi connectivity index (χ0) is 13.2.